The average Bonchev–Trinajstić information content (AvgIpc) is 2.74. The Kier molecular flexibility index (Phi) is 9.56. The zero-order valence-corrected chi connectivity index (χ0v) is 12.2. The van der Waals surface area contributed by atoms with Crippen LogP contribution in [0, 0.1) is 0 Å². The van der Waals surface area contributed by atoms with Gasteiger partial charge in [0.2, 0.25) is 0 Å². The van der Waals surface area contributed by atoms with Crippen LogP contribution in [0.15, 0.2) is 12.4 Å². The maximum absolute atomic E-state index is 11.5. The molecule has 5 heteroatoms. The van der Waals surface area contributed by atoms with E-state index in [1.165, 1.54) is 12.8 Å². The number of nitrogens with zero attached hydrogens (tertiary/aromatic N) is 2. The minimum absolute atomic E-state index is 0. The van der Waals surface area contributed by atoms with E-state index in [2.05, 4.69) is 24.9 Å². The molecule has 0 fully saturated rings. The van der Waals surface area contributed by atoms with Crippen LogP contribution in [0.1, 0.15) is 39.5 Å². The van der Waals surface area contributed by atoms with Crippen molar-refractivity contribution < 1.29 is 9.53 Å². The summed E-state index contributed by atoms with van der Waals surface area (Å²) in [6.45, 7) is 7.05. The lowest BCUT2D eigenvalue weighted by Gasteiger charge is -2.20. The first-order valence-corrected chi connectivity index (χ1v) is 6.58. The minimum atomic E-state index is -0.125. The van der Waals surface area contributed by atoms with Gasteiger partial charge in [-0.2, -0.15) is 0 Å². The molecule has 0 aromatic rings. The van der Waals surface area contributed by atoms with Crippen LogP contribution < -0.4 is 0 Å². The summed E-state index contributed by atoms with van der Waals surface area (Å²) in [7, 11) is 0. The standard InChI is InChI=1S/C13H24N2O2.ClH/c1-3-5-7-14-8-9-15(12-14)11-13(16)17-10-6-4-2;/h8-9H,3-7,10-12H2,1-2H3;1H. The van der Waals surface area contributed by atoms with Gasteiger partial charge in [-0.3, -0.25) is 4.79 Å². The molecule has 1 heterocycles. The smallest absolute Gasteiger partial charge is 0.325 e. The van der Waals surface area contributed by atoms with E-state index in [0.29, 0.717) is 13.2 Å². The van der Waals surface area contributed by atoms with Crippen LogP contribution in [-0.2, 0) is 9.53 Å². The number of carbonyl (C=O) groups is 1. The molecule has 0 amide bonds. The fourth-order valence-electron chi connectivity index (χ4n) is 1.67. The van der Waals surface area contributed by atoms with E-state index in [-0.39, 0.29) is 18.4 Å². The number of ether oxygens (including phenoxy) is 1. The molecule has 18 heavy (non-hydrogen) atoms. The normalized spacial score (nSPS) is 13.7. The van der Waals surface area contributed by atoms with Crippen LogP contribution in [0.5, 0.6) is 0 Å². The summed E-state index contributed by atoms with van der Waals surface area (Å²) in [6, 6.07) is 0. The van der Waals surface area contributed by atoms with Gasteiger partial charge >= 0.3 is 5.97 Å². The Morgan fingerprint density at radius 1 is 1.17 bits per heavy atom. The Balaban J connectivity index is 0.00000289. The predicted molar refractivity (Wildman–Crippen MR) is 75.4 cm³/mol. The molecule has 0 aromatic carbocycles. The molecule has 1 rings (SSSR count). The number of rotatable bonds is 8. The highest BCUT2D eigenvalue weighted by atomic mass is 35.5. The van der Waals surface area contributed by atoms with Gasteiger partial charge in [-0.1, -0.05) is 26.7 Å². The van der Waals surface area contributed by atoms with Gasteiger partial charge in [-0.15, -0.1) is 12.4 Å². The Labute approximate surface area is 116 Å². The third-order valence-electron chi connectivity index (χ3n) is 2.74. The van der Waals surface area contributed by atoms with Crippen LogP contribution in [0.2, 0.25) is 0 Å². The lowest BCUT2D eigenvalue weighted by atomic mass is 10.3. The molecule has 0 atom stereocenters. The fourth-order valence-corrected chi connectivity index (χ4v) is 1.67. The molecule has 0 bridgehead atoms. The lowest BCUT2D eigenvalue weighted by molar-refractivity contribution is -0.144. The second kappa shape index (κ2) is 10.1. The van der Waals surface area contributed by atoms with E-state index in [1.807, 2.05) is 11.1 Å². The van der Waals surface area contributed by atoms with Gasteiger partial charge in [0.25, 0.3) is 0 Å². The Hall–Kier alpha value is -0.900. The second-order valence-electron chi connectivity index (χ2n) is 4.43. The number of hydrogen-bond donors (Lipinski definition) is 0. The molecule has 1 aliphatic rings. The molecule has 0 spiro atoms. The van der Waals surface area contributed by atoms with Crippen LogP contribution in [0.4, 0.5) is 0 Å². The van der Waals surface area contributed by atoms with E-state index < -0.39 is 0 Å². The topological polar surface area (TPSA) is 32.8 Å². The van der Waals surface area contributed by atoms with Crippen molar-refractivity contribution in [3.05, 3.63) is 12.4 Å². The molecule has 0 saturated carbocycles. The van der Waals surface area contributed by atoms with Gasteiger partial charge in [-0.25, -0.2) is 0 Å². The third kappa shape index (κ3) is 6.74. The summed E-state index contributed by atoms with van der Waals surface area (Å²) in [5, 5.41) is 0. The van der Waals surface area contributed by atoms with Gasteiger partial charge in [-0.05, 0) is 12.8 Å². The van der Waals surface area contributed by atoms with Crippen molar-refractivity contribution in [2.24, 2.45) is 0 Å². The van der Waals surface area contributed by atoms with Crippen molar-refractivity contribution in [2.75, 3.05) is 26.4 Å². The maximum atomic E-state index is 11.5. The van der Waals surface area contributed by atoms with E-state index in [0.717, 1.165) is 26.1 Å². The molecule has 0 aromatic heterocycles. The molecular weight excluding hydrogens is 252 g/mol. The molecule has 0 radical (unpaired) electrons. The molecule has 4 nitrogen and oxygen atoms in total. The van der Waals surface area contributed by atoms with Crippen LogP contribution >= 0.6 is 12.4 Å². The number of halogens is 1. The highest BCUT2D eigenvalue weighted by Gasteiger charge is 2.15. The minimum Gasteiger partial charge on any atom is -0.464 e. The second-order valence-corrected chi connectivity index (χ2v) is 4.43. The van der Waals surface area contributed by atoms with E-state index in [4.69, 9.17) is 4.74 Å². The summed E-state index contributed by atoms with van der Waals surface area (Å²) in [5.74, 6) is -0.125. The lowest BCUT2D eigenvalue weighted by Crippen LogP contribution is -2.31. The van der Waals surface area contributed by atoms with E-state index in [1.54, 1.807) is 0 Å². The summed E-state index contributed by atoms with van der Waals surface area (Å²) < 4.78 is 5.13. The van der Waals surface area contributed by atoms with Gasteiger partial charge in [0.15, 0.2) is 0 Å². The molecular formula is C13H25ClN2O2. The number of unbranched alkanes of at least 4 members (excludes halogenated alkanes) is 2. The molecule has 0 saturated heterocycles. The summed E-state index contributed by atoms with van der Waals surface area (Å²) in [4.78, 5) is 15.7. The Morgan fingerprint density at radius 3 is 2.50 bits per heavy atom. The predicted octanol–water partition coefficient (Wildman–Crippen LogP) is 2.60. The SMILES string of the molecule is CCCCOC(=O)CN1C=CN(CCCC)C1.Cl. The van der Waals surface area contributed by atoms with Crippen molar-refractivity contribution >= 4 is 18.4 Å². The summed E-state index contributed by atoms with van der Waals surface area (Å²) in [5.41, 5.74) is 0. The van der Waals surface area contributed by atoms with Crippen molar-refractivity contribution in [3.8, 4) is 0 Å². The highest BCUT2D eigenvalue weighted by molar-refractivity contribution is 5.85. The molecule has 0 unspecified atom stereocenters. The number of esters is 1. The number of carbonyl (C=O) groups excluding carboxylic acids is 1. The summed E-state index contributed by atoms with van der Waals surface area (Å²) >= 11 is 0. The number of hydrogen-bond acceptors (Lipinski definition) is 4. The van der Waals surface area contributed by atoms with E-state index in [9.17, 15) is 4.79 Å². The first-order valence-electron chi connectivity index (χ1n) is 6.58. The molecule has 106 valence electrons. The van der Waals surface area contributed by atoms with Crippen molar-refractivity contribution in [1.29, 1.82) is 0 Å². The van der Waals surface area contributed by atoms with Crippen molar-refractivity contribution in [2.45, 2.75) is 39.5 Å². The zero-order chi connectivity index (χ0) is 12.5. The van der Waals surface area contributed by atoms with Gasteiger partial charge < -0.3 is 14.5 Å². The van der Waals surface area contributed by atoms with Gasteiger partial charge in [0.1, 0.15) is 6.54 Å². The Morgan fingerprint density at radius 2 is 1.83 bits per heavy atom. The first-order chi connectivity index (χ1) is 8.26. The summed E-state index contributed by atoms with van der Waals surface area (Å²) in [6.07, 6.45) is 8.42. The van der Waals surface area contributed by atoms with Crippen molar-refractivity contribution in [3.63, 3.8) is 0 Å². The largest absolute Gasteiger partial charge is 0.464 e. The monoisotopic (exact) mass is 276 g/mol. The quantitative estimate of drug-likeness (QED) is 0.504. The van der Waals surface area contributed by atoms with Crippen LogP contribution in [-0.4, -0.2) is 42.1 Å². The molecule has 1 aliphatic heterocycles. The Bertz CT molecular complexity index is 259. The maximum Gasteiger partial charge on any atom is 0.325 e. The van der Waals surface area contributed by atoms with Gasteiger partial charge in [0.05, 0.1) is 13.3 Å². The van der Waals surface area contributed by atoms with E-state index >= 15 is 0 Å². The molecule has 0 aliphatic carbocycles. The van der Waals surface area contributed by atoms with Gasteiger partial charge in [0, 0.05) is 18.9 Å². The first kappa shape index (κ1) is 17.1. The molecule has 0 N–H and O–H groups in total. The fraction of sp³-hybridized carbons (Fsp3) is 0.769. The van der Waals surface area contributed by atoms with Crippen LogP contribution in [0.25, 0.3) is 0 Å². The highest BCUT2D eigenvalue weighted by Crippen LogP contribution is 2.07. The zero-order valence-electron chi connectivity index (χ0n) is 11.4. The third-order valence-corrected chi connectivity index (χ3v) is 2.74. The average molecular weight is 277 g/mol. The van der Waals surface area contributed by atoms with Crippen LogP contribution in [0.3, 0.4) is 0 Å². The van der Waals surface area contributed by atoms with Crippen molar-refractivity contribution in [1.82, 2.24) is 9.80 Å².